The molecular formula is C24H22ClNO4S. The number of amides is 1. The number of carbonyl (C=O) groups is 2. The van der Waals surface area contributed by atoms with Crippen molar-refractivity contribution < 1.29 is 19.1 Å². The summed E-state index contributed by atoms with van der Waals surface area (Å²) in [5.74, 6) is 0.226. The first kappa shape index (κ1) is 22.7. The predicted octanol–water partition coefficient (Wildman–Crippen LogP) is 5.62. The van der Waals surface area contributed by atoms with Crippen LogP contribution in [0.5, 0.6) is 5.75 Å². The summed E-state index contributed by atoms with van der Waals surface area (Å²) < 4.78 is 10.9. The third kappa shape index (κ3) is 7.35. The van der Waals surface area contributed by atoms with Crippen molar-refractivity contribution in [3.63, 3.8) is 0 Å². The van der Waals surface area contributed by atoms with Crippen LogP contribution < -0.4 is 10.1 Å². The lowest BCUT2D eigenvalue weighted by Crippen LogP contribution is -2.15. The Morgan fingerprint density at radius 1 is 0.935 bits per heavy atom. The van der Waals surface area contributed by atoms with Gasteiger partial charge in [0.25, 0.3) is 0 Å². The van der Waals surface area contributed by atoms with E-state index in [2.05, 4.69) is 5.32 Å². The molecule has 3 aromatic rings. The fourth-order valence-electron chi connectivity index (χ4n) is 2.64. The second-order valence-corrected chi connectivity index (χ2v) is 8.09. The summed E-state index contributed by atoms with van der Waals surface area (Å²) in [4.78, 5) is 25.4. The minimum absolute atomic E-state index is 0.106. The van der Waals surface area contributed by atoms with Gasteiger partial charge in [0.15, 0.2) is 0 Å². The van der Waals surface area contributed by atoms with E-state index in [9.17, 15) is 9.59 Å². The predicted molar refractivity (Wildman–Crippen MR) is 124 cm³/mol. The summed E-state index contributed by atoms with van der Waals surface area (Å²) in [7, 11) is 0. The van der Waals surface area contributed by atoms with Gasteiger partial charge >= 0.3 is 5.97 Å². The van der Waals surface area contributed by atoms with E-state index in [0.29, 0.717) is 21.2 Å². The number of nitrogens with one attached hydrogen (secondary N) is 1. The van der Waals surface area contributed by atoms with Gasteiger partial charge in [-0.1, -0.05) is 41.4 Å². The van der Waals surface area contributed by atoms with Crippen LogP contribution >= 0.6 is 23.4 Å². The minimum atomic E-state index is -0.457. The van der Waals surface area contributed by atoms with E-state index in [1.165, 1.54) is 11.8 Å². The number of thioether (sulfide) groups is 1. The van der Waals surface area contributed by atoms with Crippen molar-refractivity contribution in [2.75, 3.05) is 24.3 Å². The SMILES string of the molecule is Cc1ccc(NC(=O)CSc2ccccc2C(=O)OCCOc2ccc(Cl)cc2)cc1. The molecule has 0 aromatic heterocycles. The molecule has 1 amide bonds. The number of rotatable bonds is 9. The zero-order valence-corrected chi connectivity index (χ0v) is 18.5. The topological polar surface area (TPSA) is 64.6 Å². The molecule has 0 saturated heterocycles. The number of hydrogen-bond acceptors (Lipinski definition) is 5. The van der Waals surface area contributed by atoms with Crippen LogP contribution in [0.4, 0.5) is 5.69 Å². The van der Waals surface area contributed by atoms with Crippen LogP contribution in [-0.4, -0.2) is 30.8 Å². The summed E-state index contributed by atoms with van der Waals surface area (Å²) in [6.45, 7) is 2.32. The zero-order valence-electron chi connectivity index (χ0n) is 17.0. The largest absolute Gasteiger partial charge is 0.490 e. The Hall–Kier alpha value is -2.96. The number of anilines is 1. The fraction of sp³-hybridized carbons (Fsp3) is 0.167. The monoisotopic (exact) mass is 455 g/mol. The molecule has 3 aromatic carbocycles. The maximum absolute atomic E-state index is 12.5. The van der Waals surface area contributed by atoms with Gasteiger partial charge in [-0.2, -0.15) is 0 Å². The zero-order chi connectivity index (χ0) is 22.1. The van der Waals surface area contributed by atoms with Crippen LogP contribution in [0.25, 0.3) is 0 Å². The van der Waals surface area contributed by atoms with Gasteiger partial charge in [-0.3, -0.25) is 4.79 Å². The Balaban J connectivity index is 1.48. The molecule has 0 unspecified atom stereocenters. The van der Waals surface area contributed by atoms with Crippen LogP contribution in [-0.2, 0) is 9.53 Å². The number of esters is 1. The van der Waals surface area contributed by atoms with Crippen molar-refractivity contribution in [3.8, 4) is 5.75 Å². The third-order valence-corrected chi connectivity index (χ3v) is 5.53. The molecule has 0 spiro atoms. The van der Waals surface area contributed by atoms with E-state index < -0.39 is 5.97 Å². The Bertz CT molecular complexity index is 1020. The maximum Gasteiger partial charge on any atom is 0.339 e. The highest BCUT2D eigenvalue weighted by atomic mass is 35.5. The maximum atomic E-state index is 12.5. The van der Waals surface area contributed by atoms with E-state index in [4.69, 9.17) is 21.1 Å². The molecule has 0 heterocycles. The number of aryl methyl sites for hydroxylation is 1. The lowest BCUT2D eigenvalue weighted by Gasteiger charge is -2.10. The van der Waals surface area contributed by atoms with E-state index in [1.807, 2.05) is 37.3 Å². The van der Waals surface area contributed by atoms with Crippen molar-refractivity contribution in [1.82, 2.24) is 0 Å². The summed E-state index contributed by atoms with van der Waals surface area (Å²) in [6.07, 6.45) is 0. The van der Waals surface area contributed by atoms with Gasteiger partial charge in [0.2, 0.25) is 5.91 Å². The van der Waals surface area contributed by atoms with Gasteiger partial charge in [0.1, 0.15) is 19.0 Å². The summed E-state index contributed by atoms with van der Waals surface area (Å²) >= 11 is 7.12. The molecule has 0 aliphatic rings. The Morgan fingerprint density at radius 3 is 2.39 bits per heavy atom. The first-order valence-electron chi connectivity index (χ1n) is 9.65. The lowest BCUT2D eigenvalue weighted by molar-refractivity contribution is -0.113. The second kappa shape index (κ2) is 11.4. The molecule has 0 radical (unpaired) electrons. The first-order chi connectivity index (χ1) is 15.0. The van der Waals surface area contributed by atoms with E-state index in [-0.39, 0.29) is 24.9 Å². The lowest BCUT2D eigenvalue weighted by atomic mass is 10.2. The van der Waals surface area contributed by atoms with Crippen LogP contribution in [0.2, 0.25) is 5.02 Å². The number of ether oxygens (including phenoxy) is 2. The van der Waals surface area contributed by atoms with Crippen molar-refractivity contribution in [2.45, 2.75) is 11.8 Å². The molecule has 0 aliphatic heterocycles. The molecule has 0 bridgehead atoms. The second-order valence-electron chi connectivity index (χ2n) is 6.64. The van der Waals surface area contributed by atoms with Gasteiger partial charge in [-0.15, -0.1) is 11.8 Å². The molecule has 160 valence electrons. The van der Waals surface area contributed by atoms with Gasteiger partial charge in [-0.05, 0) is 55.5 Å². The standard InChI is InChI=1S/C24H22ClNO4S/c1-17-6-10-19(11-7-17)26-23(27)16-31-22-5-3-2-4-21(22)24(28)30-15-14-29-20-12-8-18(25)9-13-20/h2-13H,14-16H2,1H3,(H,26,27). The van der Waals surface area contributed by atoms with E-state index >= 15 is 0 Å². The Kier molecular flexibility index (Phi) is 8.38. The summed E-state index contributed by atoms with van der Waals surface area (Å²) in [5.41, 5.74) is 2.28. The quantitative estimate of drug-likeness (QED) is 0.258. The normalized spacial score (nSPS) is 10.4. The van der Waals surface area contributed by atoms with Crippen molar-refractivity contribution in [3.05, 3.63) is 88.9 Å². The number of halogens is 1. The molecule has 5 nitrogen and oxygen atoms in total. The molecule has 0 saturated carbocycles. The first-order valence-corrected chi connectivity index (χ1v) is 11.0. The average Bonchev–Trinajstić information content (AvgIpc) is 2.78. The Labute approximate surface area is 190 Å². The highest BCUT2D eigenvalue weighted by Crippen LogP contribution is 2.24. The highest BCUT2D eigenvalue weighted by Gasteiger charge is 2.14. The molecule has 7 heteroatoms. The van der Waals surface area contributed by atoms with Crippen molar-refractivity contribution >= 4 is 40.9 Å². The van der Waals surface area contributed by atoms with Crippen molar-refractivity contribution in [2.24, 2.45) is 0 Å². The van der Waals surface area contributed by atoms with Crippen molar-refractivity contribution in [1.29, 1.82) is 0 Å². The third-order valence-electron chi connectivity index (χ3n) is 4.20. The van der Waals surface area contributed by atoms with E-state index in [0.717, 1.165) is 11.3 Å². The molecule has 0 aliphatic carbocycles. The summed E-state index contributed by atoms with van der Waals surface area (Å²) in [5, 5.41) is 3.47. The van der Waals surface area contributed by atoms with Crippen LogP contribution in [0.3, 0.4) is 0 Å². The van der Waals surface area contributed by atoms with Crippen LogP contribution in [0.1, 0.15) is 15.9 Å². The van der Waals surface area contributed by atoms with Gasteiger partial charge < -0.3 is 14.8 Å². The Morgan fingerprint density at radius 2 is 1.65 bits per heavy atom. The fourth-order valence-corrected chi connectivity index (χ4v) is 3.61. The molecule has 1 N–H and O–H groups in total. The molecular weight excluding hydrogens is 434 g/mol. The van der Waals surface area contributed by atoms with Crippen LogP contribution in [0.15, 0.2) is 77.7 Å². The molecule has 0 fully saturated rings. The van der Waals surface area contributed by atoms with E-state index in [1.54, 1.807) is 42.5 Å². The number of benzene rings is 3. The minimum Gasteiger partial charge on any atom is -0.490 e. The number of carbonyl (C=O) groups excluding carboxylic acids is 2. The van der Waals surface area contributed by atoms with Crippen LogP contribution in [0, 0.1) is 6.92 Å². The average molecular weight is 456 g/mol. The summed E-state index contributed by atoms with van der Waals surface area (Å²) in [6, 6.07) is 21.6. The smallest absolute Gasteiger partial charge is 0.339 e. The number of hydrogen-bond donors (Lipinski definition) is 1. The van der Waals surface area contributed by atoms with Gasteiger partial charge in [-0.25, -0.2) is 4.79 Å². The molecule has 3 rings (SSSR count). The highest BCUT2D eigenvalue weighted by molar-refractivity contribution is 8.00. The van der Waals surface area contributed by atoms with Gasteiger partial charge in [0.05, 0.1) is 11.3 Å². The molecule has 31 heavy (non-hydrogen) atoms. The van der Waals surface area contributed by atoms with Gasteiger partial charge in [0, 0.05) is 15.6 Å². The molecule has 0 atom stereocenters.